The van der Waals surface area contributed by atoms with Gasteiger partial charge in [-0.2, -0.15) is 0 Å². The third-order valence-electron chi connectivity index (χ3n) is 3.35. The van der Waals surface area contributed by atoms with E-state index in [9.17, 15) is 0 Å². The molecule has 2 heteroatoms. The topological polar surface area (TPSA) is 0 Å². The van der Waals surface area contributed by atoms with Crippen LogP contribution in [0.1, 0.15) is 41.5 Å². The van der Waals surface area contributed by atoms with Crippen LogP contribution < -0.4 is 0 Å². The molecule has 2 aromatic rings. The van der Waals surface area contributed by atoms with Crippen LogP contribution in [0.15, 0.2) is 46.9 Å². The number of alkyl halides is 1. The van der Waals surface area contributed by atoms with Gasteiger partial charge in [0.2, 0.25) is 0 Å². The van der Waals surface area contributed by atoms with E-state index in [0.29, 0.717) is 5.92 Å². The molecule has 0 aliphatic heterocycles. The maximum atomic E-state index is 6.62. The summed E-state index contributed by atoms with van der Waals surface area (Å²) in [4.78, 5) is 0. The predicted molar refractivity (Wildman–Crippen MR) is 91.6 cm³/mol. The molecule has 0 fully saturated rings. The van der Waals surface area contributed by atoms with E-state index < -0.39 is 0 Å². The Kier molecular flexibility index (Phi) is 5.29. The summed E-state index contributed by atoms with van der Waals surface area (Å²) in [5.74, 6) is 0.680. The summed E-state index contributed by atoms with van der Waals surface area (Å²) >= 11 is 10.2. The number of benzene rings is 2. The molecule has 0 radical (unpaired) electrons. The first-order valence-electron chi connectivity index (χ1n) is 6.96. The van der Waals surface area contributed by atoms with E-state index >= 15 is 0 Å². The fourth-order valence-corrected chi connectivity index (χ4v) is 3.50. The van der Waals surface area contributed by atoms with Gasteiger partial charge in [0.15, 0.2) is 0 Å². The van der Waals surface area contributed by atoms with Crippen molar-refractivity contribution in [3.05, 3.63) is 69.2 Å². The van der Waals surface area contributed by atoms with Crippen molar-refractivity contribution in [1.82, 2.24) is 0 Å². The molecule has 0 nitrogen and oxygen atoms in total. The van der Waals surface area contributed by atoms with Crippen molar-refractivity contribution in [1.29, 1.82) is 0 Å². The molecule has 0 heterocycles. The minimum absolute atomic E-state index is 0.113. The van der Waals surface area contributed by atoms with E-state index in [1.54, 1.807) is 0 Å². The molecule has 0 saturated carbocycles. The minimum atomic E-state index is -0.113. The maximum absolute atomic E-state index is 6.62. The van der Waals surface area contributed by atoms with E-state index in [2.05, 4.69) is 79.2 Å². The van der Waals surface area contributed by atoms with Gasteiger partial charge in [-0.1, -0.05) is 66.2 Å². The Bertz CT molecular complexity index is 572. The van der Waals surface area contributed by atoms with Crippen LogP contribution in [-0.2, 0) is 6.42 Å². The molecule has 0 aromatic heterocycles. The number of aryl methyl sites for hydroxylation is 1. The fourth-order valence-electron chi connectivity index (χ4n) is 2.31. The van der Waals surface area contributed by atoms with Gasteiger partial charge in [-0.3, -0.25) is 0 Å². The van der Waals surface area contributed by atoms with Gasteiger partial charge in [-0.15, -0.1) is 11.6 Å². The molecule has 106 valence electrons. The highest BCUT2D eigenvalue weighted by molar-refractivity contribution is 9.10. The highest BCUT2D eigenvalue weighted by Gasteiger charge is 2.14. The van der Waals surface area contributed by atoms with Crippen molar-refractivity contribution in [2.24, 2.45) is 5.92 Å². The van der Waals surface area contributed by atoms with Crippen LogP contribution in [0.2, 0.25) is 0 Å². The van der Waals surface area contributed by atoms with E-state index in [4.69, 9.17) is 11.6 Å². The van der Waals surface area contributed by atoms with Crippen LogP contribution in [-0.4, -0.2) is 0 Å². The van der Waals surface area contributed by atoms with Crippen molar-refractivity contribution < 1.29 is 0 Å². The minimum Gasteiger partial charge on any atom is -0.113 e. The summed E-state index contributed by atoms with van der Waals surface area (Å²) in [6.45, 7) is 6.56. The Morgan fingerprint density at radius 1 is 1.05 bits per heavy atom. The Morgan fingerprint density at radius 2 is 1.70 bits per heavy atom. The number of rotatable bonds is 4. The van der Waals surface area contributed by atoms with E-state index in [1.807, 2.05) is 0 Å². The molecule has 0 bridgehead atoms. The molecule has 0 aliphatic carbocycles. The summed E-state index contributed by atoms with van der Waals surface area (Å²) in [5.41, 5.74) is 4.87. The normalized spacial score (nSPS) is 12.7. The molecule has 2 rings (SSSR count). The number of halogens is 2. The highest BCUT2D eigenvalue weighted by Crippen LogP contribution is 2.34. The summed E-state index contributed by atoms with van der Waals surface area (Å²) in [5, 5.41) is -0.113. The third-order valence-corrected chi connectivity index (χ3v) is 4.52. The lowest BCUT2D eigenvalue weighted by molar-refractivity contribution is 0.647. The average Bonchev–Trinajstić information content (AvgIpc) is 2.38. The standard InChI is InChI=1S/C18H20BrCl/c1-12(2)10-14-5-7-15(8-6-14)18(20)16-9-4-13(3)11-17(16)19/h4-9,11-12,18H,10H2,1-3H3. The van der Waals surface area contributed by atoms with Gasteiger partial charge in [0.25, 0.3) is 0 Å². The molecule has 20 heavy (non-hydrogen) atoms. The predicted octanol–water partition coefficient (Wildman–Crippen LogP) is 6.28. The first kappa shape index (κ1) is 15.6. The Morgan fingerprint density at radius 3 is 2.25 bits per heavy atom. The van der Waals surface area contributed by atoms with Gasteiger partial charge in [-0.25, -0.2) is 0 Å². The van der Waals surface area contributed by atoms with Crippen LogP contribution in [0.3, 0.4) is 0 Å². The zero-order chi connectivity index (χ0) is 14.7. The molecule has 1 unspecified atom stereocenters. The Labute approximate surface area is 135 Å². The molecule has 0 aliphatic rings. The maximum Gasteiger partial charge on any atom is 0.0846 e. The number of hydrogen-bond donors (Lipinski definition) is 0. The lowest BCUT2D eigenvalue weighted by Crippen LogP contribution is -1.97. The fraction of sp³-hybridized carbons (Fsp3) is 0.333. The lowest BCUT2D eigenvalue weighted by Gasteiger charge is -2.14. The van der Waals surface area contributed by atoms with E-state index in [-0.39, 0.29) is 5.38 Å². The average molecular weight is 352 g/mol. The van der Waals surface area contributed by atoms with Crippen LogP contribution in [0.5, 0.6) is 0 Å². The quantitative estimate of drug-likeness (QED) is 0.568. The summed E-state index contributed by atoms with van der Waals surface area (Å²) in [6.07, 6.45) is 1.11. The summed E-state index contributed by atoms with van der Waals surface area (Å²) < 4.78 is 1.07. The Balaban J connectivity index is 2.22. The SMILES string of the molecule is Cc1ccc(C(Cl)c2ccc(CC(C)C)cc2)c(Br)c1. The monoisotopic (exact) mass is 350 g/mol. The molecule has 2 aromatic carbocycles. The van der Waals surface area contributed by atoms with Crippen LogP contribution in [0, 0.1) is 12.8 Å². The van der Waals surface area contributed by atoms with Crippen molar-refractivity contribution in [2.45, 2.75) is 32.6 Å². The van der Waals surface area contributed by atoms with Crippen molar-refractivity contribution in [3.63, 3.8) is 0 Å². The Hall–Kier alpha value is -0.790. The van der Waals surface area contributed by atoms with Gasteiger partial charge < -0.3 is 0 Å². The summed E-state index contributed by atoms with van der Waals surface area (Å²) in [6, 6.07) is 15.0. The lowest BCUT2D eigenvalue weighted by atomic mass is 9.98. The van der Waals surface area contributed by atoms with Gasteiger partial charge in [0, 0.05) is 4.47 Å². The van der Waals surface area contributed by atoms with Gasteiger partial charge in [0.05, 0.1) is 5.38 Å². The summed E-state index contributed by atoms with van der Waals surface area (Å²) in [7, 11) is 0. The smallest absolute Gasteiger partial charge is 0.0846 e. The van der Waals surface area contributed by atoms with Crippen LogP contribution >= 0.6 is 27.5 Å². The van der Waals surface area contributed by atoms with Crippen molar-refractivity contribution in [2.75, 3.05) is 0 Å². The second kappa shape index (κ2) is 6.78. The van der Waals surface area contributed by atoms with Gasteiger partial charge >= 0.3 is 0 Å². The second-order valence-corrected chi connectivity index (χ2v) is 7.02. The molecular weight excluding hydrogens is 332 g/mol. The second-order valence-electron chi connectivity index (χ2n) is 5.73. The van der Waals surface area contributed by atoms with E-state index in [0.717, 1.165) is 22.0 Å². The van der Waals surface area contributed by atoms with Crippen LogP contribution in [0.4, 0.5) is 0 Å². The first-order chi connectivity index (χ1) is 9.47. The molecule has 0 saturated heterocycles. The van der Waals surface area contributed by atoms with Gasteiger partial charge in [0.1, 0.15) is 0 Å². The molecule has 0 spiro atoms. The molecule has 0 amide bonds. The molecule has 1 atom stereocenters. The molecular formula is C18H20BrCl. The first-order valence-corrected chi connectivity index (χ1v) is 8.19. The van der Waals surface area contributed by atoms with E-state index in [1.165, 1.54) is 11.1 Å². The number of hydrogen-bond acceptors (Lipinski definition) is 0. The molecule has 0 N–H and O–H groups in total. The highest BCUT2D eigenvalue weighted by atomic mass is 79.9. The zero-order valence-corrected chi connectivity index (χ0v) is 14.5. The zero-order valence-electron chi connectivity index (χ0n) is 12.2. The van der Waals surface area contributed by atoms with Crippen molar-refractivity contribution in [3.8, 4) is 0 Å². The van der Waals surface area contributed by atoms with Gasteiger partial charge in [-0.05, 0) is 47.6 Å². The van der Waals surface area contributed by atoms with Crippen LogP contribution in [0.25, 0.3) is 0 Å². The van der Waals surface area contributed by atoms with Crippen molar-refractivity contribution >= 4 is 27.5 Å². The third kappa shape index (κ3) is 3.86. The largest absolute Gasteiger partial charge is 0.113 e.